The molecule has 0 amide bonds. The van der Waals surface area contributed by atoms with Gasteiger partial charge in [0.2, 0.25) is 0 Å². The van der Waals surface area contributed by atoms with E-state index in [1.807, 2.05) is 18.2 Å². The SMILES string of the molecule is Cc1ccc(Cl)cc1N1CCN(Cc2ccc(Cl)cc2)CC1. The van der Waals surface area contributed by atoms with E-state index in [4.69, 9.17) is 23.2 Å². The average Bonchev–Trinajstić information content (AvgIpc) is 2.53. The molecular formula is C18H20Cl2N2. The Morgan fingerprint density at radius 1 is 0.864 bits per heavy atom. The molecule has 2 aromatic rings. The van der Waals surface area contributed by atoms with Gasteiger partial charge in [-0.3, -0.25) is 4.90 Å². The molecule has 0 unspecified atom stereocenters. The molecule has 0 aliphatic carbocycles. The van der Waals surface area contributed by atoms with Gasteiger partial charge in [-0.15, -0.1) is 0 Å². The van der Waals surface area contributed by atoms with Gasteiger partial charge in [0.1, 0.15) is 0 Å². The number of piperazine rings is 1. The lowest BCUT2D eigenvalue weighted by molar-refractivity contribution is 0.250. The molecule has 0 N–H and O–H groups in total. The van der Waals surface area contributed by atoms with Crippen molar-refractivity contribution >= 4 is 28.9 Å². The van der Waals surface area contributed by atoms with Crippen LogP contribution in [-0.4, -0.2) is 31.1 Å². The fraction of sp³-hybridized carbons (Fsp3) is 0.333. The molecule has 22 heavy (non-hydrogen) atoms. The summed E-state index contributed by atoms with van der Waals surface area (Å²) in [6.07, 6.45) is 0. The highest BCUT2D eigenvalue weighted by Crippen LogP contribution is 2.25. The fourth-order valence-corrected chi connectivity index (χ4v) is 3.21. The van der Waals surface area contributed by atoms with Gasteiger partial charge in [0.25, 0.3) is 0 Å². The first-order valence-electron chi connectivity index (χ1n) is 7.60. The number of anilines is 1. The Morgan fingerprint density at radius 3 is 2.18 bits per heavy atom. The molecule has 1 aliphatic rings. The number of benzene rings is 2. The second-order valence-electron chi connectivity index (χ2n) is 5.82. The minimum atomic E-state index is 0.796. The van der Waals surface area contributed by atoms with Crippen molar-refractivity contribution in [3.63, 3.8) is 0 Å². The molecule has 0 atom stereocenters. The number of hydrogen-bond donors (Lipinski definition) is 0. The summed E-state index contributed by atoms with van der Waals surface area (Å²) in [6.45, 7) is 7.33. The Hall–Kier alpha value is -1.22. The smallest absolute Gasteiger partial charge is 0.0426 e. The summed E-state index contributed by atoms with van der Waals surface area (Å²) in [5, 5.41) is 1.61. The molecule has 0 radical (unpaired) electrons. The van der Waals surface area contributed by atoms with Crippen molar-refractivity contribution in [1.82, 2.24) is 4.90 Å². The Bertz CT molecular complexity index is 632. The average molecular weight is 335 g/mol. The normalized spacial score (nSPS) is 16.0. The lowest BCUT2D eigenvalue weighted by atomic mass is 10.1. The van der Waals surface area contributed by atoms with Crippen LogP contribution in [-0.2, 0) is 6.54 Å². The largest absolute Gasteiger partial charge is 0.369 e. The van der Waals surface area contributed by atoms with Crippen LogP contribution in [0.25, 0.3) is 0 Å². The van der Waals surface area contributed by atoms with Crippen LogP contribution in [0.4, 0.5) is 5.69 Å². The second-order valence-corrected chi connectivity index (χ2v) is 6.69. The topological polar surface area (TPSA) is 6.48 Å². The lowest BCUT2D eigenvalue weighted by Crippen LogP contribution is -2.46. The first-order chi connectivity index (χ1) is 10.6. The molecule has 116 valence electrons. The molecule has 0 bridgehead atoms. The highest BCUT2D eigenvalue weighted by atomic mass is 35.5. The Kier molecular flexibility index (Phi) is 4.92. The summed E-state index contributed by atoms with van der Waals surface area (Å²) in [5.74, 6) is 0. The molecule has 0 saturated carbocycles. The van der Waals surface area contributed by atoms with Crippen molar-refractivity contribution in [1.29, 1.82) is 0 Å². The van der Waals surface area contributed by atoms with E-state index < -0.39 is 0 Å². The Morgan fingerprint density at radius 2 is 1.50 bits per heavy atom. The van der Waals surface area contributed by atoms with Gasteiger partial charge in [0, 0.05) is 48.5 Å². The van der Waals surface area contributed by atoms with Gasteiger partial charge in [-0.1, -0.05) is 41.4 Å². The molecule has 2 aromatic carbocycles. The minimum absolute atomic E-state index is 0.796. The summed E-state index contributed by atoms with van der Waals surface area (Å²) < 4.78 is 0. The summed E-state index contributed by atoms with van der Waals surface area (Å²) in [4.78, 5) is 4.92. The zero-order valence-electron chi connectivity index (χ0n) is 12.7. The van der Waals surface area contributed by atoms with Gasteiger partial charge < -0.3 is 4.90 Å². The van der Waals surface area contributed by atoms with E-state index >= 15 is 0 Å². The van der Waals surface area contributed by atoms with Gasteiger partial charge in [-0.25, -0.2) is 0 Å². The molecule has 1 saturated heterocycles. The number of nitrogens with zero attached hydrogens (tertiary/aromatic N) is 2. The van der Waals surface area contributed by atoms with Crippen LogP contribution in [0.5, 0.6) is 0 Å². The van der Waals surface area contributed by atoms with E-state index in [-0.39, 0.29) is 0 Å². The van der Waals surface area contributed by atoms with Crippen molar-refractivity contribution in [2.75, 3.05) is 31.1 Å². The number of rotatable bonds is 3. The van der Waals surface area contributed by atoms with Crippen molar-refractivity contribution in [3.05, 3.63) is 63.6 Å². The van der Waals surface area contributed by atoms with Crippen molar-refractivity contribution < 1.29 is 0 Å². The lowest BCUT2D eigenvalue weighted by Gasteiger charge is -2.37. The first kappa shape index (κ1) is 15.7. The third-order valence-electron chi connectivity index (χ3n) is 4.20. The van der Waals surface area contributed by atoms with E-state index in [9.17, 15) is 0 Å². The Labute approximate surface area is 142 Å². The van der Waals surface area contributed by atoms with Gasteiger partial charge in [0.15, 0.2) is 0 Å². The van der Waals surface area contributed by atoms with E-state index in [0.717, 1.165) is 42.8 Å². The number of aryl methyl sites for hydroxylation is 1. The second kappa shape index (κ2) is 6.91. The summed E-state index contributed by atoms with van der Waals surface area (Å²) >= 11 is 12.1. The predicted octanol–water partition coefficient (Wildman–Crippen LogP) is 4.62. The summed E-state index contributed by atoms with van der Waals surface area (Å²) in [6, 6.07) is 14.3. The van der Waals surface area contributed by atoms with Crippen LogP contribution in [0.15, 0.2) is 42.5 Å². The highest BCUT2D eigenvalue weighted by molar-refractivity contribution is 6.31. The Balaban J connectivity index is 1.60. The van der Waals surface area contributed by atoms with Crippen molar-refractivity contribution in [2.45, 2.75) is 13.5 Å². The van der Waals surface area contributed by atoms with Crippen LogP contribution < -0.4 is 4.90 Å². The van der Waals surface area contributed by atoms with Crippen LogP contribution >= 0.6 is 23.2 Å². The quantitative estimate of drug-likeness (QED) is 0.807. The van der Waals surface area contributed by atoms with Crippen molar-refractivity contribution in [3.8, 4) is 0 Å². The molecule has 0 aromatic heterocycles. The minimum Gasteiger partial charge on any atom is -0.369 e. The summed E-state index contributed by atoms with van der Waals surface area (Å²) in [7, 11) is 0. The number of hydrogen-bond acceptors (Lipinski definition) is 2. The van der Waals surface area contributed by atoms with E-state index in [1.165, 1.54) is 16.8 Å². The highest BCUT2D eigenvalue weighted by Gasteiger charge is 2.18. The molecule has 1 heterocycles. The third kappa shape index (κ3) is 3.75. The maximum Gasteiger partial charge on any atom is 0.0426 e. The maximum absolute atomic E-state index is 6.14. The van der Waals surface area contributed by atoms with Crippen LogP contribution in [0.3, 0.4) is 0 Å². The van der Waals surface area contributed by atoms with Gasteiger partial charge in [0.05, 0.1) is 0 Å². The van der Waals surface area contributed by atoms with Gasteiger partial charge >= 0.3 is 0 Å². The zero-order valence-corrected chi connectivity index (χ0v) is 14.2. The molecule has 0 spiro atoms. The molecule has 3 rings (SSSR count). The van der Waals surface area contributed by atoms with Crippen LogP contribution in [0, 0.1) is 6.92 Å². The van der Waals surface area contributed by atoms with E-state index in [1.54, 1.807) is 0 Å². The first-order valence-corrected chi connectivity index (χ1v) is 8.35. The molecular weight excluding hydrogens is 315 g/mol. The zero-order chi connectivity index (χ0) is 15.5. The summed E-state index contributed by atoms with van der Waals surface area (Å²) in [5.41, 5.74) is 3.87. The standard InChI is InChI=1S/C18H20Cl2N2/c1-14-2-5-17(20)12-18(14)22-10-8-21(9-11-22)13-15-3-6-16(19)7-4-15/h2-7,12H,8-11,13H2,1H3. The van der Waals surface area contributed by atoms with Crippen LogP contribution in [0.1, 0.15) is 11.1 Å². The maximum atomic E-state index is 6.14. The van der Waals surface area contributed by atoms with Crippen LogP contribution in [0.2, 0.25) is 10.0 Å². The van der Waals surface area contributed by atoms with Crippen molar-refractivity contribution in [2.24, 2.45) is 0 Å². The molecule has 1 fully saturated rings. The molecule has 1 aliphatic heterocycles. The fourth-order valence-electron chi connectivity index (χ4n) is 2.92. The third-order valence-corrected chi connectivity index (χ3v) is 4.69. The molecule has 2 nitrogen and oxygen atoms in total. The molecule has 4 heteroatoms. The van der Waals surface area contributed by atoms with Gasteiger partial charge in [-0.05, 0) is 42.3 Å². The van der Waals surface area contributed by atoms with E-state index in [0.29, 0.717) is 0 Å². The monoisotopic (exact) mass is 334 g/mol. The van der Waals surface area contributed by atoms with Gasteiger partial charge in [-0.2, -0.15) is 0 Å². The van der Waals surface area contributed by atoms with E-state index in [2.05, 4.69) is 41.0 Å². The number of halogens is 2. The predicted molar refractivity (Wildman–Crippen MR) is 95.1 cm³/mol.